The Bertz CT molecular complexity index is 778. The lowest BCUT2D eigenvalue weighted by Crippen LogP contribution is -1.98. The lowest BCUT2D eigenvalue weighted by molar-refractivity contribution is 0.602. The molecule has 0 saturated carbocycles. The molecule has 0 fully saturated rings. The van der Waals surface area contributed by atoms with Crippen LogP contribution in [0.2, 0.25) is 5.02 Å². The van der Waals surface area contributed by atoms with Gasteiger partial charge in [-0.25, -0.2) is 8.42 Å². The minimum atomic E-state index is -3.21. The zero-order valence-electron chi connectivity index (χ0n) is 10.6. The summed E-state index contributed by atoms with van der Waals surface area (Å²) in [6.45, 7) is 0. The second-order valence-electron chi connectivity index (χ2n) is 4.22. The van der Waals surface area contributed by atoms with E-state index in [2.05, 4.69) is 11.4 Å². The van der Waals surface area contributed by atoms with Crippen LogP contribution < -0.4 is 5.32 Å². The summed E-state index contributed by atoms with van der Waals surface area (Å²) in [7, 11) is -3.21. The number of nitriles is 1. The van der Waals surface area contributed by atoms with Crippen LogP contribution in [-0.2, 0) is 9.84 Å². The molecule has 0 bridgehead atoms. The highest BCUT2D eigenvalue weighted by Gasteiger charge is 2.07. The third kappa shape index (κ3) is 3.29. The van der Waals surface area contributed by atoms with Crippen LogP contribution in [0.1, 0.15) is 5.56 Å². The minimum Gasteiger partial charge on any atom is -0.354 e. The van der Waals surface area contributed by atoms with E-state index in [1.165, 1.54) is 12.1 Å². The van der Waals surface area contributed by atoms with Gasteiger partial charge in [0.1, 0.15) is 6.07 Å². The molecule has 6 heteroatoms. The number of nitrogens with one attached hydrogen (secondary N) is 1. The molecular formula is C14H11ClN2O2S. The van der Waals surface area contributed by atoms with Crippen LogP contribution in [0.25, 0.3) is 0 Å². The zero-order valence-corrected chi connectivity index (χ0v) is 12.2. The molecule has 0 heterocycles. The number of sulfone groups is 1. The van der Waals surface area contributed by atoms with Crippen molar-refractivity contribution in [3.63, 3.8) is 0 Å². The van der Waals surface area contributed by atoms with E-state index in [9.17, 15) is 8.42 Å². The van der Waals surface area contributed by atoms with E-state index < -0.39 is 9.84 Å². The van der Waals surface area contributed by atoms with Gasteiger partial charge in [-0.1, -0.05) is 11.6 Å². The number of rotatable bonds is 3. The van der Waals surface area contributed by atoms with Gasteiger partial charge in [0.25, 0.3) is 0 Å². The first-order valence-electron chi connectivity index (χ1n) is 5.67. The monoisotopic (exact) mass is 306 g/mol. The summed E-state index contributed by atoms with van der Waals surface area (Å²) in [6.07, 6.45) is 1.15. The maximum absolute atomic E-state index is 11.4. The van der Waals surface area contributed by atoms with Crippen LogP contribution in [0.15, 0.2) is 47.4 Å². The first-order valence-corrected chi connectivity index (χ1v) is 7.94. The third-order valence-electron chi connectivity index (χ3n) is 2.66. The van der Waals surface area contributed by atoms with Gasteiger partial charge in [-0.3, -0.25) is 0 Å². The molecule has 0 aliphatic rings. The van der Waals surface area contributed by atoms with Crippen molar-refractivity contribution in [1.29, 1.82) is 5.26 Å². The lowest BCUT2D eigenvalue weighted by atomic mass is 10.2. The van der Waals surface area contributed by atoms with Crippen LogP contribution in [-0.4, -0.2) is 14.7 Å². The second kappa shape index (κ2) is 5.53. The Hall–Kier alpha value is -2.03. The number of hydrogen-bond donors (Lipinski definition) is 1. The fourth-order valence-corrected chi connectivity index (χ4v) is 2.46. The largest absolute Gasteiger partial charge is 0.354 e. The first kappa shape index (κ1) is 14.4. The number of anilines is 2. The highest BCUT2D eigenvalue weighted by molar-refractivity contribution is 7.90. The number of hydrogen-bond acceptors (Lipinski definition) is 4. The minimum absolute atomic E-state index is 0.245. The van der Waals surface area contributed by atoms with Crippen molar-refractivity contribution in [1.82, 2.24) is 0 Å². The molecule has 0 aromatic heterocycles. The van der Waals surface area contributed by atoms with Crippen LogP contribution in [0.4, 0.5) is 11.4 Å². The summed E-state index contributed by atoms with van der Waals surface area (Å²) in [5.41, 5.74) is 1.71. The maximum Gasteiger partial charge on any atom is 0.175 e. The normalized spacial score (nSPS) is 10.8. The SMILES string of the molecule is CS(=O)(=O)c1ccc(Nc2cc(Cl)ccc2C#N)cc1. The van der Waals surface area contributed by atoms with E-state index in [4.69, 9.17) is 16.9 Å². The summed E-state index contributed by atoms with van der Waals surface area (Å²) in [4.78, 5) is 0.245. The quantitative estimate of drug-likeness (QED) is 0.944. The molecule has 0 amide bonds. The van der Waals surface area contributed by atoms with Gasteiger partial charge in [-0.15, -0.1) is 0 Å². The van der Waals surface area contributed by atoms with E-state index in [-0.39, 0.29) is 4.90 Å². The van der Waals surface area contributed by atoms with Crippen LogP contribution in [0.5, 0.6) is 0 Å². The van der Waals surface area contributed by atoms with Gasteiger partial charge in [0.2, 0.25) is 0 Å². The summed E-state index contributed by atoms with van der Waals surface area (Å²) in [5, 5.41) is 12.6. The first-order chi connectivity index (χ1) is 9.40. The molecule has 0 unspecified atom stereocenters. The number of halogens is 1. The molecule has 102 valence electrons. The molecule has 2 rings (SSSR count). The van der Waals surface area contributed by atoms with Crippen molar-refractivity contribution in [2.24, 2.45) is 0 Å². The lowest BCUT2D eigenvalue weighted by Gasteiger charge is -2.09. The summed E-state index contributed by atoms with van der Waals surface area (Å²) in [5.74, 6) is 0. The third-order valence-corrected chi connectivity index (χ3v) is 4.03. The molecule has 2 aromatic carbocycles. The van der Waals surface area contributed by atoms with Crippen molar-refractivity contribution >= 4 is 32.8 Å². The fourth-order valence-electron chi connectivity index (χ4n) is 1.66. The molecule has 20 heavy (non-hydrogen) atoms. The van der Waals surface area contributed by atoms with Crippen LogP contribution >= 0.6 is 11.6 Å². The van der Waals surface area contributed by atoms with Crippen LogP contribution in [0.3, 0.4) is 0 Å². The molecular weight excluding hydrogens is 296 g/mol. The standard InChI is InChI=1S/C14H11ClN2O2S/c1-20(18,19)13-6-4-12(5-7-13)17-14-8-11(15)3-2-10(14)9-16/h2-8,17H,1H3. The van der Waals surface area contributed by atoms with Crippen LogP contribution in [0, 0.1) is 11.3 Å². The molecule has 0 saturated heterocycles. The van der Waals surface area contributed by atoms with Gasteiger partial charge >= 0.3 is 0 Å². The Morgan fingerprint density at radius 1 is 1.15 bits per heavy atom. The van der Waals surface area contributed by atoms with Gasteiger partial charge < -0.3 is 5.32 Å². The Balaban J connectivity index is 2.32. The summed E-state index contributed by atoms with van der Waals surface area (Å²) >= 11 is 5.90. The molecule has 0 aliphatic carbocycles. The number of nitrogens with zero attached hydrogens (tertiary/aromatic N) is 1. The Kier molecular flexibility index (Phi) is 3.98. The smallest absolute Gasteiger partial charge is 0.175 e. The highest BCUT2D eigenvalue weighted by Crippen LogP contribution is 2.25. The summed E-state index contributed by atoms with van der Waals surface area (Å²) in [6, 6.07) is 13.3. The molecule has 2 aromatic rings. The van der Waals surface area contributed by atoms with Gasteiger partial charge in [-0.05, 0) is 42.5 Å². The van der Waals surface area contributed by atoms with E-state index in [1.807, 2.05) is 0 Å². The summed E-state index contributed by atoms with van der Waals surface area (Å²) < 4.78 is 22.7. The second-order valence-corrected chi connectivity index (χ2v) is 6.68. The Morgan fingerprint density at radius 2 is 1.80 bits per heavy atom. The topological polar surface area (TPSA) is 70.0 Å². The van der Waals surface area contributed by atoms with Crippen molar-refractivity contribution in [2.75, 3.05) is 11.6 Å². The zero-order chi connectivity index (χ0) is 14.8. The average molecular weight is 307 g/mol. The average Bonchev–Trinajstić information content (AvgIpc) is 2.38. The Labute approximate surface area is 122 Å². The van der Waals surface area contributed by atoms with E-state index in [0.29, 0.717) is 22.0 Å². The fraction of sp³-hybridized carbons (Fsp3) is 0.0714. The van der Waals surface area contributed by atoms with Crippen molar-refractivity contribution < 1.29 is 8.42 Å². The van der Waals surface area contributed by atoms with Crippen molar-refractivity contribution in [2.45, 2.75) is 4.90 Å². The highest BCUT2D eigenvalue weighted by atomic mass is 35.5. The van der Waals surface area contributed by atoms with Gasteiger partial charge in [0.15, 0.2) is 9.84 Å². The van der Waals surface area contributed by atoms with E-state index >= 15 is 0 Å². The van der Waals surface area contributed by atoms with Crippen molar-refractivity contribution in [3.05, 3.63) is 53.1 Å². The van der Waals surface area contributed by atoms with Gasteiger partial charge in [0, 0.05) is 17.0 Å². The van der Waals surface area contributed by atoms with Gasteiger partial charge in [-0.2, -0.15) is 5.26 Å². The van der Waals surface area contributed by atoms with Gasteiger partial charge in [0.05, 0.1) is 16.1 Å². The predicted molar refractivity (Wildman–Crippen MR) is 79.0 cm³/mol. The Morgan fingerprint density at radius 3 is 2.35 bits per heavy atom. The van der Waals surface area contributed by atoms with Crippen molar-refractivity contribution in [3.8, 4) is 6.07 Å². The molecule has 0 atom stereocenters. The maximum atomic E-state index is 11.4. The van der Waals surface area contributed by atoms with E-state index in [0.717, 1.165) is 6.26 Å². The molecule has 4 nitrogen and oxygen atoms in total. The molecule has 0 spiro atoms. The molecule has 0 radical (unpaired) electrons. The predicted octanol–water partition coefficient (Wildman–Crippen LogP) is 3.36. The van der Waals surface area contributed by atoms with E-state index in [1.54, 1.807) is 30.3 Å². The number of benzene rings is 2. The molecule has 0 aliphatic heterocycles. The molecule has 1 N–H and O–H groups in total.